The molecule has 114 valence electrons. The monoisotopic (exact) mass is 272 g/mol. The number of hydrogen-bond acceptors (Lipinski definition) is 3. The second kappa shape index (κ2) is 11.3. The Kier molecular flexibility index (Phi) is 10.9. The molecule has 0 aromatic heterocycles. The molecule has 0 fully saturated rings. The average Bonchev–Trinajstić information content (AvgIpc) is 2.32. The van der Waals surface area contributed by atoms with E-state index in [1.165, 1.54) is 25.7 Å². The van der Waals surface area contributed by atoms with Gasteiger partial charge in [-0.05, 0) is 24.7 Å². The summed E-state index contributed by atoms with van der Waals surface area (Å²) in [5, 5.41) is 0. The van der Waals surface area contributed by atoms with Gasteiger partial charge in [-0.1, -0.05) is 59.8 Å². The maximum Gasteiger partial charge on any atom is 0.342 e. The molecule has 0 saturated heterocycles. The van der Waals surface area contributed by atoms with Crippen LogP contribution in [-0.2, 0) is 14.6 Å². The van der Waals surface area contributed by atoms with Crippen molar-refractivity contribution >= 4 is 5.97 Å². The molecule has 0 spiro atoms. The van der Waals surface area contributed by atoms with Crippen LogP contribution in [0.3, 0.4) is 0 Å². The third-order valence-corrected chi connectivity index (χ3v) is 3.04. The topological polar surface area (TPSA) is 35.5 Å². The van der Waals surface area contributed by atoms with Crippen molar-refractivity contribution in [2.75, 3.05) is 6.61 Å². The van der Waals surface area contributed by atoms with Gasteiger partial charge < -0.3 is 0 Å². The lowest BCUT2D eigenvalue weighted by atomic mass is 9.89. The van der Waals surface area contributed by atoms with Crippen LogP contribution in [0.25, 0.3) is 0 Å². The summed E-state index contributed by atoms with van der Waals surface area (Å²) in [6.45, 7) is 9.42. The van der Waals surface area contributed by atoms with Gasteiger partial charge in [0.2, 0.25) is 0 Å². The van der Waals surface area contributed by atoms with Gasteiger partial charge in [-0.25, -0.2) is 4.79 Å². The van der Waals surface area contributed by atoms with E-state index >= 15 is 0 Å². The predicted molar refractivity (Wildman–Crippen MR) is 78.7 cm³/mol. The first-order valence-electron chi connectivity index (χ1n) is 7.78. The maximum atomic E-state index is 11.3. The predicted octanol–water partition coefficient (Wildman–Crippen LogP) is 5.04. The first-order chi connectivity index (χ1) is 8.95. The molecule has 0 unspecified atom stereocenters. The van der Waals surface area contributed by atoms with Crippen molar-refractivity contribution < 1.29 is 14.6 Å². The first-order valence-corrected chi connectivity index (χ1v) is 7.78. The summed E-state index contributed by atoms with van der Waals surface area (Å²) in [6, 6.07) is 0. The van der Waals surface area contributed by atoms with Gasteiger partial charge >= 0.3 is 5.97 Å². The Hall–Kier alpha value is -0.570. The van der Waals surface area contributed by atoms with Crippen molar-refractivity contribution in [2.24, 2.45) is 5.41 Å². The lowest BCUT2D eigenvalue weighted by Gasteiger charge is -2.17. The van der Waals surface area contributed by atoms with Crippen molar-refractivity contribution in [3.63, 3.8) is 0 Å². The average molecular weight is 272 g/mol. The molecule has 3 nitrogen and oxygen atoms in total. The van der Waals surface area contributed by atoms with Crippen LogP contribution < -0.4 is 0 Å². The normalized spacial score (nSPS) is 11.6. The van der Waals surface area contributed by atoms with E-state index in [-0.39, 0.29) is 5.97 Å². The molecule has 19 heavy (non-hydrogen) atoms. The molecule has 0 saturated carbocycles. The Morgan fingerprint density at radius 3 is 2.21 bits per heavy atom. The number of carbonyl (C=O) groups is 1. The quantitative estimate of drug-likeness (QED) is 0.300. The molecule has 0 amide bonds. The van der Waals surface area contributed by atoms with Crippen LogP contribution in [0.15, 0.2) is 0 Å². The van der Waals surface area contributed by atoms with Gasteiger partial charge in [0.15, 0.2) is 0 Å². The lowest BCUT2D eigenvalue weighted by molar-refractivity contribution is -0.272. The van der Waals surface area contributed by atoms with Gasteiger partial charge in [-0.15, -0.1) is 0 Å². The molecule has 3 heteroatoms. The van der Waals surface area contributed by atoms with Crippen LogP contribution in [0.4, 0.5) is 0 Å². The van der Waals surface area contributed by atoms with Gasteiger partial charge in [0, 0.05) is 6.42 Å². The fourth-order valence-corrected chi connectivity index (χ4v) is 1.81. The third kappa shape index (κ3) is 15.4. The highest BCUT2D eigenvalue weighted by atomic mass is 17.2. The summed E-state index contributed by atoms with van der Waals surface area (Å²) in [6.07, 6.45) is 9.51. The Bertz CT molecular complexity index is 219. The summed E-state index contributed by atoms with van der Waals surface area (Å²) in [4.78, 5) is 20.8. The summed E-state index contributed by atoms with van der Waals surface area (Å²) >= 11 is 0. The second-order valence-electron chi connectivity index (χ2n) is 6.46. The van der Waals surface area contributed by atoms with E-state index in [1.807, 2.05) is 0 Å². The molecule has 0 bridgehead atoms. The van der Waals surface area contributed by atoms with E-state index in [2.05, 4.69) is 32.6 Å². The zero-order chi connectivity index (χ0) is 14.6. The van der Waals surface area contributed by atoms with Crippen molar-refractivity contribution in [1.82, 2.24) is 0 Å². The van der Waals surface area contributed by atoms with Crippen LogP contribution in [0.1, 0.15) is 85.5 Å². The van der Waals surface area contributed by atoms with Crippen molar-refractivity contribution in [2.45, 2.75) is 85.5 Å². The van der Waals surface area contributed by atoms with Crippen LogP contribution >= 0.6 is 0 Å². The number of hydrogen-bond donors (Lipinski definition) is 0. The SMILES string of the molecule is CCCCOOC(=O)CCCCCCCC(C)(C)C. The second-order valence-corrected chi connectivity index (χ2v) is 6.46. The molecular weight excluding hydrogens is 240 g/mol. The van der Waals surface area contributed by atoms with Crippen LogP contribution in [0, 0.1) is 5.41 Å². The standard InChI is InChI=1S/C16H32O3/c1-5-6-14-18-19-15(17)12-10-8-7-9-11-13-16(2,3)4/h5-14H2,1-4H3. The maximum absolute atomic E-state index is 11.3. The first kappa shape index (κ1) is 18.4. The van der Waals surface area contributed by atoms with Gasteiger partial charge in [-0.2, -0.15) is 4.89 Å². The van der Waals surface area contributed by atoms with Gasteiger partial charge in [0.25, 0.3) is 0 Å². The molecular formula is C16H32O3. The molecule has 0 aliphatic rings. The smallest absolute Gasteiger partial charge is 0.298 e. The summed E-state index contributed by atoms with van der Waals surface area (Å²) in [7, 11) is 0. The Morgan fingerprint density at radius 2 is 1.58 bits per heavy atom. The number of unbranched alkanes of at least 4 members (excludes halogenated alkanes) is 5. The summed E-state index contributed by atoms with van der Waals surface area (Å²) in [5.41, 5.74) is 0.444. The third-order valence-electron chi connectivity index (χ3n) is 3.04. The van der Waals surface area contributed by atoms with E-state index in [0.717, 1.165) is 25.7 Å². The van der Waals surface area contributed by atoms with Gasteiger partial charge in [0.1, 0.15) is 0 Å². The van der Waals surface area contributed by atoms with Gasteiger partial charge in [-0.3, -0.25) is 4.89 Å². The molecule has 0 aliphatic heterocycles. The highest BCUT2D eigenvalue weighted by Gasteiger charge is 2.09. The minimum atomic E-state index is -0.231. The molecule has 0 heterocycles. The summed E-state index contributed by atoms with van der Waals surface area (Å²) in [5.74, 6) is -0.231. The molecule has 0 aromatic carbocycles. The van der Waals surface area contributed by atoms with E-state index < -0.39 is 0 Å². The molecule has 0 radical (unpaired) electrons. The zero-order valence-corrected chi connectivity index (χ0v) is 13.3. The van der Waals surface area contributed by atoms with Crippen molar-refractivity contribution in [3.05, 3.63) is 0 Å². The lowest BCUT2D eigenvalue weighted by Crippen LogP contribution is -2.06. The molecule has 0 aliphatic carbocycles. The van der Waals surface area contributed by atoms with Crippen molar-refractivity contribution in [1.29, 1.82) is 0 Å². The van der Waals surface area contributed by atoms with E-state index in [0.29, 0.717) is 18.4 Å². The minimum Gasteiger partial charge on any atom is -0.298 e. The van der Waals surface area contributed by atoms with Crippen LogP contribution in [-0.4, -0.2) is 12.6 Å². The molecule has 0 aromatic rings. The van der Waals surface area contributed by atoms with E-state index in [4.69, 9.17) is 4.89 Å². The molecule has 0 N–H and O–H groups in total. The van der Waals surface area contributed by atoms with Gasteiger partial charge in [0.05, 0.1) is 6.61 Å². The van der Waals surface area contributed by atoms with E-state index in [1.54, 1.807) is 0 Å². The minimum absolute atomic E-state index is 0.231. The highest BCUT2D eigenvalue weighted by Crippen LogP contribution is 2.22. The highest BCUT2D eigenvalue weighted by molar-refractivity contribution is 5.68. The largest absolute Gasteiger partial charge is 0.342 e. The number of carbonyl (C=O) groups excluding carboxylic acids is 1. The summed E-state index contributed by atoms with van der Waals surface area (Å²) < 4.78 is 0. The van der Waals surface area contributed by atoms with Crippen LogP contribution in [0.2, 0.25) is 0 Å². The zero-order valence-electron chi connectivity index (χ0n) is 13.3. The molecule has 0 atom stereocenters. The Morgan fingerprint density at radius 1 is 0.947 bits per heavy atom. The van der Waals surface area contributed by atoms with E-state index in [9.17, 15) is 4.79 Å². The number of rotatable bonds is 11. The molecule has 0 rings (SSSR count). The fourth-order valence-electron chi connectivity index (χ4n) is 1.81. The van der Waals surface area contributed by atoms with Crippen molar-refractivity contribution in [3.8, 4) is 0 Å². The Labute approximate surface area is 119 Å². The fraction of sp³-hybridized carbons (Fsp3) is 0.938. The van der Waals surface area contributed by atoms with Crippen LogP contribution in [0.5, 0.6) is 0 Å². The Balaban J connectivity index is 3.23.